The summed E-state index contributed by atoms with van der Waals surface area (Å²) >= 11 is 0. The van der Waals surface area contributed by atoms with E-state index in [1.165, 1.54) is 0 Å². The van der Waals surface area contributed by atoms with Crippen LogP contribution in [0.15, 0.2) is 41.1 Å². The topological polar surface area (TPSA) is 74.2 Å². The van der Waals surface area contributed by atoms with Crippen molar-refractivity contribution in [2.24, 2.45) is 0 Å². The molecule has 0 radical (unpaired) electrons. The zero-order valence-corrected chi connectivity index (χ0v) is 9.75. The van der Waals surface area contributed by atoms with Gasteiger partial charge in [0, 0.05) is 17.8 Å². The highest BCUT2D eigenvalue weighted by Gasteiger charge is 2.09. The fraction of sp³-hybridized carbons (Fsp3) is 0.0769. The molecular weight excluding hydrogens is 230 g/mol. The van der Waals surface area contributed by atoms with Crippen molar-refractivity contribution in [2.45, 2.75) is 0 Å². The van der Waals surface area contributed by atoms with Crippen molar-refractivity contribution < 1.29 is 9.15 Å². The van der Waals surface area contributed by atoms with Crippen molar-refractivity contribution in [3.05, 3.63) is 36.7 Å². The number of nitrogens with zero attached hydrogens (tertiary/aromatic N) is 2. The third kappa shape index (κ3) is 1.66. The minimum atomic E-state index is 0.521. The van der Waals surface area contributed by atoms with E-state index in [9.17, 15) is 0 Å². The summed E-state index contributed by atoms with van der Waals surface area (Å²) in [6, 6.07) is 7.20. The van der Waals surface area contributed by atoms with E-state index >= 15 is 0 Å². The van der Waals surface area contributed by atoms with Crippen LogP contribution in [0, 0.1) is 0 Å². The normalized spacial score (nSPS) is 10.7. The van der Waals surface area contributed by atoms with E-state index in [0.717, 1.165) is 11.1 Å². The lowest BCUT2D eigenvalue weighted by Gasteiger charge is -2.04. The number of aromatic nitrogens is 2. The van der Waals surface area contributed by atoms with Gasteiger partial charge in [-0.05, 0) is 18.2 Å². The molecule has 2 aromatic heterocycles. The van der Waals surface area contributed by atoms with Gasteiger partial charge in [0.25, 0.3) is 0 Å². The number of nitrogen functional groups attached to an aromatic ring is 1. The van der Waals surface area contributed by atoms with Crippen molar-refractivity contribution >= 4 is 16.8 Å². The first kappa shape index (κ1) is 10.6. The van der Waals surface area contributed by atoms with Crippen molar-refractivity contribution in [3.63, 3.8) is 0 Å². The molecule has 0 spiro atoms. The van der Waals surface area contributed by atoms with Crippen molar-refractivity contribution in [2.75, 3.05) is 12.8 Å². The molecule has 0 aliphatic heterocycles. The standard InChI is InChI=1S/C13H11N3O2/c1-17-11-3-2-8(6-9(11)14)13-16-10-7-15-5-4-12(10)18-13/h2-7H,14H2,1H3. The zero-order chi connectivity index (χ0) is 12.5. The number of ether oxygens (including phenoxy) is 1. The summed E-state index contributed by atoms with van der Waals surface area (Å²) in [6.07, 6.45) is 3.33. The number of pyridine rings is 1. The Bertz CT molecular complexity index is 673. The molecule has 3 aromatic rings. The van der Waals surface area contributed by atoms with Crippen LogP contribution in [0.3, 0.4) is 0 Å². The average Bonchev–Trinajstić information content (AvgIpc) is 2.82. The molecule has 0 atom stereocenters. The quantitative estimate of drug-likeness (QED) is 0.697. The highest BCUT2D eigenvalue weighted by Crippen LogP contribution is 2.29. The van der Waals surface area contributed by atoms with Crippen LogP contribution in [-0.4, -0.2) is 17.1 Å². The first-order valence-electron chi connectivity index (χ1n) is 5.42. The number of hydrogen-bond acceptors (Lipinski definition) is 5. The molecule has 3 rings (SSSR count). The average molecular weight is 241 g/mol. The van der Waals surface area contributed by atoms with Crippen molar-refractivity contribution in [1.82, 2.24) is 9.97 Å². The van der Waals surface area contributed by atoms with Crippen molar-refractivity contribution in [1.29, 1.82) is 0 Å². The fourth-order valence-corrected chi connectivity index (χ4v) is 1.77. The number of anilines is 1. The van der Waals surface area contributed by atoms with Crippen LogP contribution >= 0.6 is 0 Å². The molecule has 2 N–H and O–H groups in total. The highest BCUT2D eigenvalue weighted by molar-refractivity contribution is 5.76. The highest BCUT2D eigenvalue weighted by atomic mass is 16.5. The maximum absolute atomic E-state index is 5.86. The minimum Gasteiger partial charge on any atom is -0.495 e. The molecule has 0 bridgehead atoms. The SMILES string of the molecule is COc1ccc(-c2nc3cnccc3o2)cc1N. The number of methoxy groups -OCH3 is 1. The van der Waals surface area contributed by atoms with Gasteiger partial charge in [0.15, 0.2) is 5.58 Å². The van der Waals surface area contributed by atoms with Gasteiger partial charge in [0.2, 0.25) is 5.89 Å². The third-order valence-electron chi connectivity index (χ3n) is 2.67. The molecule has 0 unspecified atom stereocenters. The largest absolute Gasteiger partial charge is 0.495 e. The van der Waals surface area contributed by atoms with Crippen LogP contribution in [0.25, 0.3) is 22.6 Å². The summed E-state index contributed by atoms with van der Waals surface area (Å²) in [7, 11) is 1.58. The maximum atomic E-state index is 5.86. The summed E-state index contributed by atoms with van der Waals surface area (Å²) in [5, 5.41) is 0. The second-order valence-corrected chi connectivity index (χ2v) is 3.82. The van der Waals surface area contributed by atoms with E-state index in [-0.39, 0.29) is 0 Å². The number of oxazole rings is 1. The van der Waals surface area contributed by atoms with Crippen LogP contribution in [0.4, 0.5) is 5.69 Å². The van der Waals surface area contributed by atoms with Gasteiger partial charge < -0.3 is 14.9 Å². The van der Waals surface area contributed by atoms with Gasteiger partial charge in [0.1, 0.15) is 11.3 Å². The number of rotatable bonds is 2. The predicted octanol–water partition coefficient (Wildman–Crippen LogP) is 2.48. The third-order valence-corrected chi connectivity index (χ3v) is 2.67. The molecule has 5 heteroatoms. The maximum Gasteiger partial charge on any atom is 0.227 e. The summed E-state index contributed by atoms with van der Waals surface area (Å²) in [4.78, 5) is 8.35. The molecule has 0 saturated carbocycles. The number of fused-ring (bicyclic) bond motifs is 1. The Labute approximate surface area is 103 Å². The molecule has 5 nitrogen and oxygen atoms in total. The Morgan fingerprint density at radius 3 is 2.89 bits per heavy atom. The smallest absolute Gasteiger partial charge is 0.227 e. The zero-order valence-electron chi connectivity index (χ0n) is 9.75. The Morgan fingerprint density at radius 2 is 2.17 bits per heavy atom. The van der Waals surface area contributed by atoms with Gasteiger partial charge in [-0.2, -0.15) is 0 Å². The lowest BCUT2D eigenvalue weighted by atomic mass is 10.2. The Kier molecular flexibility index (Phi) is 2.37. The lowest BCUT2D eigenvalue weighted by Crippen LogP contribution is -1.92. The number of benzene rings is 1. The van der Waals surface area contributed by atoms with Crippen LogP contribution in [0.2, 0.25) is 0 Å². The summed E-state index contributed by atoms with van der Waals surface area (Å²) in [6.45, 7) is 0. The first-order chi connectivity index (χ1) is 8.78. The van der Waals surface area contributed by atoms with Crippen LogP contribution in [-0.2, 0) is 0 Å². The van der Waals surface area contributed by atoms with Crippen LogP contribution < -0.4 is 10.5 Å². The molecule has 0 fully saturated rings. The summed E-state index contributed by atoms with van der Waals surface area (Å²) in [5.74, 6) is 1.16. The molecular formula is C13H11N3O2. The Hall–Kier alpha value is -2.56. The van der Waals surface area contributed by atoms with E-state index in [2.05, 4.69) is 9.97 Å². The lowest BCUT2D eigenvalue weighted by molar-refractivity contribution is 0.417. The minimum absolute atomic E-state index is 0.521. The molecule has 0 amide bonds. The summed E-state index contributed by atoms with van der Waals surface area (Å²) in [5.41, 5.74) is 8.64. The molecule has 1 aromatic carbocycles. The monoisotopic (exact) mass is 241 g/mol. The number of hydrogen-bond donors (Lipinski definition) is 1. The summed E-state index contributed by atoms with van der Waals surface area (Å²) < 4.78 is 10.7. The molecule has 0 aliphatic rings. The van der Waals surface area contributed by atoms with Gasteiger partial charge >= 0.3 is 0 Å². The van der Waals surface area contributed by atoms with E-state index in [1.807, 2.05) is 6.07 Å². The van der Waals surface area contributed by atoms with Crippen LogP contribution in [0.5, 0.6) is 5.75 Å². The second kappa shape index (κ2) is 4.03. The van der Waals surface area contributed by atoms with E-state index in [4.69, 9.17) is 14.9 Å². The van der Waals surface area contributed by atoms with Gasteiger partial charge in [-0.3, -0.25) is 4.98 Å². The Balaban J connectivity index is 2.11. The van der Waals surface area contributed by atoms with E-state index < -0.39 is 0 Å². The molecule has 18 heavy (non-hydrogen) atoms. The molecule has 90 valence electrons. The van der Waals surface area contributed by atoms with Gasteiger partial charge in [-0.15, -0.1) is 0 Å². The second-order valence-electron chi connectivity index (χ2n) is 3.82. The van der Waals surface area contributed by atoms with Gasteiger partial charge in [0.05, 0.1) is 19.0 Å². The van der Waals surface area contributed by atoms with Crippen molar-refractivity contribution in [3.8, 4) is 17.2 Å². The van der Waals surface area contributed by atoms with Crippen LogP contribution in [0.1, 0.15) is 0 Å². The fourth-order valence-electron chi connectivity index (χ4n) is 1.77. The molecule has 2 heterocycles. The van der Waals surface area contributed by atoms with E-state index in [1.54, 1.807) is 37.7 Å². The predicted molar refractivity (Wildman–Crippen MR) is 68.2 cm³/mol. The van der Waals surface area contributed by atoms with Gasteiger partial charge in [-0.1, -0.05) is 0 Å². The molecule has 0 saturated heterocycles. The number of nitrogens with two attached hydrogens (primary N) is 1. The Morgan fingerprint density at radius 1 is 1.28 bits per heavy atom. The van der Waals surface area contributed by atoms with E-state index in [0.29, 0.717) is 22.9 Å². The first-order valence-corrected chi connectivity index (χ1v) is 5.42. The molecule has 0 aliphatic carbocycles. The van der Waals surface area contributed by atoms with Gasteiger partial charge in [-0.25, -0.2) is 4.98 Å².